The lowest BCUT2D eigenvalue weighted by Crippen LogP contribution is -2.20. The van der Waals surface area contributed by atoms with E-state index < -0.39 is 23.1 Å². The molecule has 2 rings (SSSR count). The average Bonchev–Trinajstić information content (AvgIpc) is 2.72. The van der Waals surface area contributed by atoms with E-state index in [-0.39, 0.29) is 23.9 Å². The van der Waals surface area contributed by atoms with Crippen LogP contribution < -0.4 is 15.2 Å². The number of hydrogen-bond acceptors (Lipinski definition) is 5. The van der Waals surface area contributed by atoms with Gasteiger partial charge in [-0.3, -0.25) is 10.1 Å². The first kappa shape index (κ1) is 11.5. The molecule has 0 bridgehead atoms. The molecular weight excluding hydrogens is 238 g/mol. The molecule has 1 aliphatic rings. The normalized spacial score (nSPS) is 15.1. The van der Waals surface area contributed by atoms with Crippen LogP contribution in [0.1, 0.15) is 11.6 Å². The number of rotatable bonds is 3. The summed E-state index contributed by atoms with van der Waals surface area (Å²) in [5.41, 5.74) is 4.45. The highest BCUT2D eigenvalue weighted by molar-refractivity contribution is 5.56. The number of nitrogens with zero attached hydrogens (tertiary/aromatic N) is 1. The molecule has 1 aromatic carbocycles. The van der Waals surface area contributed by atoms with Gasteiger partial charge in [-0.25, -0.2) is 8.78 Å². The number of nitrogens with two attached hydrogens (primary N) is 1. The number of fused-ring (bicyclic) bond motifs is 1. The molecule has 0 aromatic heterocycles. The van der Waals surface area contributed by atoms with Gasteiger partial charge in [-0.2, -0.15) is 0 Å². The van der Waals surface area contributed by atoms with Crippen molar-refractivity contribution in [3.8, 4) is 11.5 Å². The monoisotopic (exact) mass is 246 g/mol. The smallest absolute Gasteiger partial charge is 0.278 e. The van der Waals surface area contributed by atoms with Crippen molar-refractivity contribution in [2.24, 2.45) is 5.73 Å². The summed E-state index contributed by atoms with van der Waals surface area (Å²) in [6.45, 7) is -0.0974. The molecule has 1 atom stereocenters. The fourth-order valence-electron chi connectivity index (χ4n) is 1.51. The van der Waals surface area contributed by atoms with E-state index in [4.69, 9.17) is 15.2 Å². The summed E-state index contributed by atoms with van der Waals surface area (Å²) in [4.78, 5) is 9.98. The number of nitro groups is 1. The van der Waals surface area contributed by atoms with E-state index in [0.717, 1.165) is 12.1 Å². The van der Waals surface area contributed by atoms with Gasteiger partial charge in [-0.05, 0) is 6.07 Å². The third-order valence-corrected chi connectivity index (χ3v) is 2.35. The number of hydrogen-bond donors (Lipinski definition) is 1. The SMILES string of the molecule is N[C@@H](c1cc2c(cc1[N+](=O)[O-])OCO2)C(F)F. The van der Waals surface area contributed by atoms with Gasteiger partial charge in [0.15, 0.2) is 11.5 Å². The minimum Gasteiger partial charge on any atom is -0.454 e. The molecule has 17 heavy (non-hydrogen) atoms. The second-order valence-electron chi connectivity index (χ2n) is 3.38. The standard InChI is InChI=1S/C9H8F2N2O4/c10-9(11)8(12)4-1-6-7(17-3-16-6)2-5(4)13(14)15/h1-2,8-9H,3,12H2/t8-/m0/s1. The molecule has 0 amide bonds. The number of alkyl halides is 2. The molecule has 0 aliphatic carbocycles. The predicted octanol–water partition coefficient (Wildman–Crippen LogP) is 1.59. The lowest BCUT2D eigenvalue weighted by molar-refractivity contribution is -0.385. The second kappa shape index (κ2) is 4.13. The summed E-state index contributed by atoms with van der Waals surface area (Å²) in [5, 5.41) is 10.8. The first-order valence-corrected chi connectivity index (χ1v) is 4.62. The van der Waals surface area contributed by atoms with Gasteiger partial charge in [0, 0.05) is 0 Å². The molecule has 0 spiro atoms. The first-order valence-electron chi connectivity index (χ1n) is 4.62. The van der Waals surface area contributed by atoms with Gasteiger partial charge < -0.3 is 15.2 Å². The lowest BCUT2D eigenvalue weighted by Gasteiger charge is -2.11. The number of ether oxygens (including phenoxy) is 2. The Labute approximate surface area is 94.1 Å². The maximum atomic E-state index is 12.5. The highest BCUT2D eigenvalue weighted by Crippen LogP contribution is 2.40. The van der Waals surface area contributed by atoms with Gasteiger partial charge in [-0.15, -0.1) is 0 Å². The maximum Gasteiger partial charge on any atom is 0.278 e. The van der Waals surface area contributed by atoms with Crippen LogP contribution >= 0.6 is 0 Å². The molecule has 92 valence electrons. The fourth-order valence-corrected chi connectivity index (χ4v) is 1.51. The van der Waals surface area contributed by atoms with Crippen LogP contribution in [0.5, 0.6) is 11.5 Å². The third-order valence-electron chi connectivity index (χ3n) is 2.35. The number of halogens is 2. The number of benzene rings is 1. The van der Waals surface area contributed by atoms with Gasteiger partial charge in [-0.1, -0.05) is 0 Å². The van der Waals surface area contributed by atoms with Crippen LogP contribution in [0.3, 0.4) is 0 Å². The molecular formula is C9H8F2N2O4. The van der Waals surface area contributed by atoms with E-state index in [2.05, 4.69) is 0 Å². The summed E-state index contributed by atoms with van der Waals surface area (Å²) >= 11 is 0. The van der Waals surface area contributed by atoms with Crippen LogP contribution in [-0.2, 0) is 0 Å². The van der Waals surface area contributed by atoms with E-state index in [0.29, 0.717) is 0 Å². The largest absolute Gasteiger partial charge is 0.454 e. The lowest BCUT2D eigenvalue weighted by atomic mass is 10.0. The maximum absolute atomic E-state index is 12.5. The van der Waals surface area contributed by atoms with Crippen molar-refractivity contribution in [2.45, 2.75) is 12.5 Å². The van der Waals surface area contributed by atoms with Crippen LogP contribution in [-0.4, -0.2) is 18.1 Å². The molecule has 0 saturated carbocycles. The van der Waals surface area contributed by atoms with Crippen LogP contribution in [0, 0.1) is 10.1 Å². The highest BCUT2D eigenvalue weighted by atomic mass is 19.3. The van der Waals surface area contributed by atoms with Gasteiger partial charge in [0.25, 0.3) is 12.1 Å². The molecule has 0 saturated heterocycles. The summed E-state index contributed by atoms with van der Waals surface area (Å²) in [6, 6.07) is 0.432. The topological polar surface area (TPSA) is 87.6 Å². The molecule has 1 aliphatic heterocycles. The molecule has 0 radical (unpaired) electrons. The quantitative estimate of drug-likeness (QED) is 0.646. The summed E-state index contributed by atoms with van der Waals surface area (Å²) in [6.07, 6.45) is -2.89. The Bertz CT molecular complexity index is 467. The van der Waals surface area contributed by atoms with Gasteiger partial charge in [0.05, 0.1) is 22.6 Å². The Morgan fingerprint density at radius 2 is 1.94 bits per heavy atom. The Kier molecular flexibility index (Phi) is 2.80. The molecule has 1 aromatic rings. The zero-order valence-electron chi connectivity index (χ0n) is 8.43. The first-order chi connectivity index (χ1) is 8.00. The summed E-state index contributed by atoms with van der Waals surface area (Å²) in [5.74, 6) is 0.337. The zero-order valence-corrected chi connectivity index (χ0v) is 8.43. The van der Waals surface area contributed by atoms with Crippen LogP contribution in [0.2, 0.25) is 0 Å². The minimum atomic E-state index is -2.89. The van der Waals surface area contributed by atoms with Gasteiger partial charge in [0.1, 0.15) is 0 Å². The van der Waals surface area contributed by atoms with Crippen molar-refractivity contribution in [1.82, 2.24) is 0 Å². The molecule has 8 heteroatoms. The van der Waals surface area contributed by atoms with Crippen molar-refractivity contribution in [3.05, 3.63) is 27.8 Å². The van der Waals surface area contributed by atoms with Gasteiger partial charge >= 0.3 is 0 Å². The van der Waals surface area contributed by atoms with Crippen molar-refractivity contribution in [3.63, 3.8) is 0 Å². The Morgan fingerprint density at radius 3 is 2.47 bits per heavy atom. The highest BCUT2D eigenvalue weighted by Gasteiger charge is 2.30. The van der Waals surface area contributed by atoms with Gasteiger partial charge in [0.2, 0.25) is 6.79 Å². The Hall–Kier alpha value is -1.96. The Balaban J connectivity index is 2.52. The molecule has 0 unspecified atom stereocenters. The number of nitro benzene ring substituents is 1. The van der Waals surface area contributed by atoms with E-state index in [1.165, 1.54) is 0 Å². The van der Waals surface area contributed by atoms with Crippen molar-refractivity contribution < 1.29 is 23.2 Å². The van der Waals surface area contributed by atoms with Crippen LogP contribution in [0.4, 0.5) is 14.5 Å². The zero-order chi connectivity index (χ0) is 12.6. The van der Waals surface area contributed by atoms with Crippen molar-refractivity contribution in [2.75, 3.05) is 6.79 Å². The van der Waals surface area contributed by atoms with Crippen molar-refractivity contribution >= 4 is 5.69 Å². The van der Waals surface area contributed by atoms with E-state index in [1.54, 1.807) is 0 Å². The van der Waals surface area contributed by atoms with Crippen LogP contribution in [0.15, 0.2) is 12.1 Å². The van der Waals surface area contributed by atoms with E-state index in [1.807, 2.05) is 0 Å². The van der Waals surface area contributed by atoms with Crippen molar-refractivity contribution in [1.29, 1.82) is 0 Å². The minimum absolute atomic E-state index is 0.0974. The predicted molar refractivity (Wildman–Crippen MR) is 52.2 cm³/mol. The average molecular weight is 246 g/mol. The fraction of sp³-hybridized carbons (Fsp3) is 0.333. The molecule has 6 nitrogen and oxygen atoms in total. The van der Waals surface area contributed by atoms with E-state index >= 15 is 0 Å². The molecule has 0 fully saturated rings. The molecule has 1 heterocycles. The Morgan fingerprint density at radius 1 is 1.35 bits per heavy atom. The third kappa shape index (κ3) is 1.98. The molecule has 2 N–H and O–H groups in total. The summed E-state index contributed by atoms with van der Waals surface area (Å²) in [7, 11) is 0. The van der Waals surface area contributed by atoms with Crippen LogP contribution in [0.25, 0.3) is 0 Å². The second-order valence-corrected chi connectivity index (χ2v) is 3.38. The summed E-state index contributed by atoms with van der Waals surface area (Å²) < 4.78 is 34.9. The van der Waals surface area contributed by atoms with E-state index in [9.17, 15) is 18.9 Å².